The van der Waals surface area contributed by atoms with E-state index in [1.165, 1.54) is 122 Å². The molecule has 0 aliphatic rings. The third-order valence-corrected chi connectivity index (χ3v) is 10.5. The van der Waals surface area contributed by atoms with E-state index in [-0.39, 0.29) is 24.5 Å². The number of allylic oxidation sites excluding steroid dienone is 8. The van der Waals surface area contributed by atoms with E-state index in [1.807, 2.05) is 0 Å². The van der Waals surface area contributed by atoms with Gasteiger partial charge in [-0.25, -0.2) is 0 Å². The number of ether oxygens (including phenoxy) is 1. The molecule has 0 saturated heterocycles. The van der Waals surface area contributed by atoms with Crippen molar-refractivity contribution in [2.75, 3.05) is 6.54 Å². The monoisotopic (exact) mass is 784 g/mol. The molecule has 6 heteroatoms. The van der Waals surface area contributed by atoms with Crippen LogP contribution < -0.4 is 5.32 Å². The lowest BCUT2D eigenvalue weighted by Gasteiger charge is -2.17. The summed E-state index contributed by atoms with van der Waals surface area (Å²) in [5.74, 6) is -1.28. The number of amides is 1. The van der Waals surface area contributed by atoms with E-state index in [2.05, 4.69) is 67.8 Å². The van der Waals surface area contributed by atoms with E-state index >= 15 is 0 Å². The molecule has 1 amide bonds. The molecule has 2 N–H and O–H groups in total. The van der Waals surface area contributed by atoms with Gasteiger partial charge in [-0.3, -0.25) is 14.4 Å². The van der Waals surface area contributed by atoms with Gasteiger partial charge in [0.1, 0.15) is 12.6 Å². The highest BCUT2D eigenvalue weighted by Gasteiger charge is 2.14. The number of aliphatic carboxylic acids is 1. The maximum atomic E-state index is 12.8. The summed E-state index contributed by atoms with van der Waals surface area (Å²) >= 11 is 0. The van der Waals surface area contributed by atoms with Crippen molar-refractivity contribution in [2.24, 2.45) is 0 Å². The average molecular weight is 784 g/mol. The van der Waals surface area contributed by atoms with E-state index < -0.39 is 5.97 Å². The molecule has 0 aromatic rings. The van der Waals surface area contributed by atoms with Crippen molar-refractivity contribution in [3.63, 3.8) is 0 Å². The van der Waals surface area contributed by atoms with Crippen LogP contribution in [-0.2, 0) is 19.1 Å². The highest BCUT2D eigenvalue weighted by Crippen LogP contribution is 2.18. The van der Waals surface area contributed by atoms with Crippen LogP contribution in [-0.4, -0.2) is 35.6 Å². The van der Waals surface area contributed by atoms with Crippen molar-refractivity contribution < 1.29 is 24.2 Å². The largest absolute Gasteiger partial charge is 0.480 e. The van der Waals surface area contributed by atoms with Crippen molar-refractivity contribution in [1.82, 2.24) is 5.32 Å². The Kier molecular flexibility index (Phi) is 43.0. The topological polar surface area (TPSA) is 92.7 Å². The summed E-state index contributed by atoms with van der Waals surface area (Å²) in [5, 5.41) is 11.1. The van der Waals surface area contributed by atoms with Crippen molar-refractivity contribution in [3.05, 3.63) is 48.6 Å². The first kappa shape index (κ1) is 53.4. The van der Waals surface area contributed by atoms with Gasteiger partial charge in [-0.2, -0.15) is 0 Å². The molecule has 0 bridgehead atoms. The van der Waals surface area contributed by atoms with Gasteiger partial charge < -0.3 is 15.2 Å². The lowest BCUT2D eigenvalue weighted by Crippen LogP contribution is -2.28. The van der Waals surface area contributed by atoms with Crippen molar-refractivity contribution in [3.8, 4) is 0 Å². The van der Waals surface area contributed by atoms with Gasteiger partial charge in [-0.15, -0.1) is 0 Å². The van der Waals surface area contributed by atoms with Gasteiger partial charge in [0.05, 0.1) is 0 Å². The van der Waals surface area contributed by atoms with Crippen molar-refractivity contribution in [1.29, 1.82) is 0 Å². The first-order valence-corrected chi connectivity index (χ1v) is 23.8. The number of carboxylic acid groups (broad SMARTS) is 1. The fourth-order valence-electron chi connectivity index (χ4n) is 7.04. The van der Waals surface area contributed by atoms with Crippen LogP contribution >= 0.6 is 0 Å². The van der Waals surface area contributed by atoms with Gasteiger partial charge in [0.2, 0.25) is 5.91 Å². The molecule has 0 aliphatic heterocycles. The minimum absolute atomic E-state index is 0.0497. The Balaban J connectivity index is 4.13. The maximum absolute atomic E-state index is 12.8. The Hall–Kier alpha value is -2.63. The molecule has 0 aromatic carbocycles. The molecule has 0 heterocycles. The Morgan fingerprint density at radius 1 is 0.482 bits per heavy atom. The molecule has 0 aliphatic carbocycles. The van der Waals surface area contributed by atoms with Crippen LogP contribution in [0, 0.1) is 0 Å². The Morgan fingerprint density at radius 3 is 1.32 bits per heavy atom. The van der Waals surface area contributed by atoms with Crippen LogP contribution in [0.5, 0.6) is 0 Å². The minimum Gasteiger partial charge on any atom is -0.480 e. The molecule has 0 spiro atoms. The van der Waals surface area contributed by atoms with Crippen LogP contribution in [0.15, 0.2) is 48.6 Å². The summed E-state index contributed by atoms with van der Waals surface area (Å²) in [6, 6.07) is 0. The Bertz CT molecular complexity index is 999. The SMILES string of the molecule is CC/C=C\C/C=C\C/C=C\C/C=C\CCC(CCCCCCCC(=O)NCC(=O)O)OC(=O)CCCCCCCCCCCCCCCCCCCCCCC. The number of esters is 1. The molecule has 1 atom stereocenters. The highest BCUT2D eigenvalue weighted by molar-refractivity contribution is 5.80. The molecule has 1 unspecified atom stereocenters. The lowest BCUT2D eigenvalue weighted by atomic mass is 10.0. The van der Waals surface area contributed by atoms with Crippen LogP contribution in [0.1, 0.15) is 239 Å². The number of hydrogen-bond acceptors (Lipinski definition) is 4. The summed E-state index contributed by atoms with van der Waals surface area (Å²) < 4.78 is 6.01. The molecule has 56 heavy (non-hydrogen) atoms. The predicted octanol–water partition coefficient (Wildman–Crippen LogP) is 15.0. The molecular formula is C50H89NO5. The first-order valence-electron chi connectivity index (χ1n) is 23.8. The first-order chi connectivity index (χ1) is 27.5. The molecule has 0 rings (SSSR count). The van der Waals surface area contributed by atoms with Crippen LogP contribution in [0.3, 0.4) is 0 Å². The van der Waals surface area contributed by atoms with E-state index in [9.17, 15) is 14.4 Å². The molecule has 0 aromatic heterocycles. The maximum Gasteiger partial charge on any atom is 0.322 e. The van der Waals surface area contributed by atoms with Crippen molar-refractivity contribution >= 4 is 17.8 Å². The second-order valence-corrected chi connectivity index (χ2v) is 16.0. The van der Waals surface area contributed by atoms with Gasteiger partial charge in [-0.1, -0.05) is 210 Å². The third kappa shape index (κ3) is 44.1. The van der Waals surface area contributed by atoms with E-state index in [0.29, 0.717) is 12.8 Å². The summed E-state index contributed by atoms with van der Waals surface area (Å²) in [6.07, 6.45) is 58.3. The number of carboxylic acids is 1. The molecule has 0 fully saturated rings. The van der Waals surface area contributed by atoms with Crippen molar-refractivity contribution in [2.45, 2.75) is 245 Å². The van der Waals surface area contributed by atoms with E-state index in [1.54, 1.807) is 0 Å². The normalized spacial score (nSPS) is 12.5. The summed E-state index contributed by atoms with van der Waals surface area (Å²) in [7, 11) is 0. The Morgan fingerprint density at radius 2 is 0.875 bits per heavy atom. The van der Waals surface area contributed by atoms with Gasteiger partial charge in [0.15, 0.2) is 0 Å². The zero-order chi connectivity index (χ0) is 40.8. The second-order valence-electron chi connectivity index (χ2n) is 16.0. The number of hydrogen-bond donors (Lipinski definition) is 2. The van der Waals surface area contributed by atoms with Crippen LogP contribution in [0.4, 0.5) is 0 Å². The number of carbonyl (C=O) groups excluding carboxylic acids is 2. The summed E-state index contributed by atoms with van der Waals surface area (Å²) in [4.78, 5) is 35.1. The molecule has 0 saturated carbocycles. The second kappa shape index (κ2) is 45.1. The summed E-state index contributed by atoms with van der Waals surface area (Å²) in [6.45, 7) is 4.12. The molecule has 0 radical (unpaired) electrons. The zero-order valence-electron chi connectivity index (χ0n) is 36.7. The van der Waals surface area contributed by atoms with Gasteiger partial charge in [-0.05, 0) is 64.2 Å². The van der Waals surface area contributed by atoms with Gasteiger partial charge in [0.25, 0.3) is 0 Å². The van der Waals surface area contributed by atoms with Gasteiger partial charge in [0, 0.05) is 12.8 Å². The predicted molar refractivity (Wildman–Crippen MR) is 240 cm³/mol. The molecule has 324 valence electrons. The lowest BCUT2D eigenvalue weighted by molar-refractivity contribution is -0.150. The van der Waals surface area contributed by atoms with Crippen LogP contribution in [0.25, 0.3) is 0 Å². The standard InChI is InChI=1S/C50H89NO5/c1-3-5-7-9-11-13-15-17-18-19-20-21-22-23-24-26-28-30-32-37-41-45-50(55)56-47(43-39-35-33-36-40-44-48(52)51-46-49(53)54)42-38-34-31-29-27-25-16-14-12-10-8-6-4-2/h6,8,12,14,25,27,31,34,47H,3-5,7,9-11,13,15-24,26,28-30,32-33,35-46H2,1-2H3,(H,51,52)(H,53,54)/b8-6-,14-12-,27-25-,34-31-. The minimum atomic E-state index is -1.02. The molecular weight excluding hydrogens is 695 g/mol. The number of unbranched alkanes of at least 4 members (excludes halogenated alkanes) is 24. The van der Waals surface area contributed by atoms with E-state index in [4.69, 9.17) is 9.84 Å². The Labute approximate surface area is 346 Å². The highest BCUT2D eigenvalue weighted by atomic mass is 16.5. The van der Waals surface area contributed by atoms with Gasteiger partial charge >= 0.3 is 11.9 Å². The number of nitrogens with one attached hydrogen (secondary N) is 1. The fourth-order valence-corrected chi connectivity index (χ4v) is 7.04. The fraction of sp³-hybridized carbons (Fsp3) is 0.780. The smallest absolute Gasteiger partial charge is 0.322 e. The summed E-state index contributed by atoms with van der Waals surface area (Å²) in [5.41, 5.74) is 0. The third-order valence-electron chi connectivity index (χ3n) is 10.5. The number of rotatable bonds is 43. The zero-order valence-corrected chi connectivity index (χ0v) is 36.7. The molecule has 6 nitrogen and oxygen atoms in total. The average Bonchev–Trinajstić information content (AvgIpc) is 3.18. The number of carbonyl (C=O) groups is 3. The quantitative estimate of drug-likeness (QED) is 0.0365. The van der Waals surface area contributed by atoms with E-state index in [0.717, 1.165) is 89.9 Å². The van der Waals surface area contributed by atoms with Crippen LogP contribution in [0.2, 0.25) is 0 Å².